The maximum Gasteiger partial charge on any atom is 0.128 e. The first-order chi connectivity index (χ1) is 15.8. The standard InChI is InChI=1S/C28H22N2OS/c31-24-13-4-3-11-23(24)28-30-27-22(12-6-14-25(27)32-28)19-8-5-9-20(17-19)26-21-10-2-1-7-18(21)15-16-29-26/h3-6,8-9,11-17,31H,1-2,7,10H2. The van der Waals surface area contributed by atoms with E-state index in [0.717, 1.165) is 56.0 Å². The largest absolute Gasteiger partial charge is 0.507 e. The van der Waals surface area contributed by atoms with E-state index >= 15 is 0 Å². The van der Waals surface area contributed by atoms with Crippen molar-refractivity contribution in [2.75, 3.05) is 0 Å². The molecule has 0 radical (unpaired) electrons. The van der Waals surface area contributed by atoms with E-state index in [0.29, 0.717) is 0 Å². The summed E-state index contributed by atoms with van der Waals surface area (Å²) in [7, 11) is 0. The number of thiazole rings is 1. The van der Waals surface area contributed by atoms with Crippen molar-refractivity contribution in [1.29, 1.82) is 0 Å². The van der Waals surface area contributed by atoms with Gasteiger partial charge in [-0.05, 0) is 72.7 Å². The van der Waals surface area contributed by atoms with Gasteiger partial charge in [-0.3, -0.25) is 4.98 Å². The van der Waals surface area contributed by atoms with Gasteiger partial charge in [-0.25, -0.2) is 4.98 Å². The van der Waals surface area contributed by atoms with Gasteiger partial charge in [0.1, 0.15) is 10.8 Å². The van der Waals surface area contributed by atoms with E-state index in [-0.39, 0.29) is 5.75 Å². The summed E-state index contributed by atoms with van der Waals surface area (Å²) in [4.78, 5) is 9.71. The Labute approximate surface area is 191 Å². The van der Waals surface area contributed by atoms with Crippen LogP contribution in [0.25, 0.3) is 43.2 Å². The van der Waals surface area contributed by atoms with Crippen LogP contribution < -0.4 is 0 Å². The summed E-state index contributed by atoms with van der Waals surface area (Å²) in [5.74, 6) is 0.259. The first kappa shape index (κ1) is 19.2. The van der Waals surface area contributed by atoms with Crippen LogP contribution in [0, 0.1) is 0 Å². The third-order valence-corrected chi connectivity index (χ3v) is 7.33. The van der Waals surface area contributed by atoms with Crippen molar-refractivity contribution >= 4 is 21.6 Å². The predicted molar refractivity (Wildman–Crippen MR) is 132 cm³/mol. The van der Waals surface area contributed by atoms with E-state index < -0.39 is 0 Å². The molecule has 1 aliphatic carbocycles. The van der Waals surface area contributed by atoms with Gasteiger partial charge in [0.15, 0.2) is 0 Å². The van der Waals surface area contributed by atoms with Crippen LogP contribution in [0.15, 0.2) is 79.0 Å². The third-order valence-electron chi connectivity index (χ3n) is 6.28. The number of hydrogen-bond acceptors (Lipinski definition) is 4. The number of nitrogens with zero attached hydrogens (tertiary/aromatic N) is 2. The molecule has 5 aromatic rings. The maximum atomic E-state index is 10.3. The van der Waals surface area contributed by atoms with Crippen LogP contribution in [0.5, 0.6) is 5.75 Å². The van der Waals surface area contributed by atoms with Crippen LogP contribution in [0.4, 0.5) is 0 Å². The number of aromatic nitrogens is 2. The molecule has 0 saturated heterocycles. The highest BCUT2D eigenvalue weighted by atomic mass is 32.1. The number of hydrogen-bond donors (Lipinski definition) is 1. The summed E-state index contributed by atoms with van der Waals surface area (Å²) in [5, 5.41) is 11.1. The summed E-state index contributed by atoms with van der Waals surface area (Å²) in [6.07, 6.45) is 6.71. The van der Waals surface area contributed by atoms with Gasteiger partial charge >= 0.3 is 0 Å². The molecule has 2 heterocycles. The molecule has 3 aromatic carbocycles. The molecular weight excluding hydrogens is 412 g/mol. The van der Waals surface area contributed by atoms with Crippen LogP contribution in [0.1, 0.15) is 24.0 Å². The molecule has 4 heteroatoms. The number of benzene rings is 3. The lowest BCUT2D eigenvalue weighted by atomic mass is 9.88. The van der Waals surface area contributed by atoms with E-state index in [1.54, 1.807) is 17.4 Å². The van der Waals surface area contributed by atoms with E-state index in [4.69, 9.17) is 9.97 Å². The molecular formula is C28H22N2OS. The van der Waals surface area contributed by atoms with E-state index in [1.807, 2.05) is 24.4 Å². The number of phenolic OH excluding ortho intramolecular Hbond substituents is 1. The first-order valence-corrected chi connectivity index (χ1v) is 11.8. The second-order valence-corrected chi connectivity index (χ2v) is 9.30. The molecule has 0 amide bonds. The molecule has 0 fully saturated rings. The van der Waals surface area contributed by atoms with Crippen LogP contribution in [-0.4, -0.2) is 15.1 Å². The molecule has 0 unspecified atom stereocenters. The fraction of sp³-hybridized carbons (Fsp3) is 0.143. The summed E-state index contributed by atoms with van der Waals surface area (Å²) in [6, 6.07) is 24.5. The van der Waals surface area contributed by atoms with Crippen molar-refractivity contribution < 1.29 is 5.11 Å². The maximum absolute atomic E-state index is 10.3. The summed E-state index contributed by atoms with van der Waals surface area (Å²) in [5.41, 5.74) is 9.11. The number of aromatic hydroxyl groups is 1. The van der Waals surface area contributed by atoms with Crippen molar-refractivity contribution in [3.63, 3.8) is 0 Å². The average molecular weight is 435 g/mol. The second kappa shape index (κ2) is 7.88. The van der Waals surface area contributed by atoms with Gasteiger partial charge in [-0.15, -0.1) is 11.3 Å². The SMILES string of the molecule is Oc1ccccc1-c1nc2c(-c3cccc(-c4nccc5c4CCCC5)c3)cccc2s1. The Bertz CT molecular complexity index is 1450. The number of phenols is 1. The molecule has 0 aliphatic heterocycles. The van der Waals surface area contributed by atoms with Gasteiger partial charge in [0, 0.05) is 17.3 Å². The minimum absolute atomic E-state index is 0.259. The van der Waals surface area contributed by atoms with Gasteiger partial charge in [-0.2, -0.15) is 0 Å². The van der Waals surface area contributed by atoms with Gasteiger partial charge in [-0.1, -0.05) is 42.5 Å². The Balaban J connectivity index is 1.48. The zero-order chi connectivity index (χ0) is 21.5. The Kier molecular flexibility index (Phi) is 4.73. The van der Waals surface area contributed by atoms with Gasteiger partial charge < -0.3 is 5.11 Å². The molecule has 156 valence electrons. The summed E-state index contributed by atoms with van der Waals surface area (Å²) < 4.78 is 1.11. The quantitative estimate of drug-likeness (QED) is 0.325. The lowest BCUT2D eigenvalue weighted by Gasteiger charge is -2.18. The zero-order valence-electron chi connectivity index (χ0n) is 17.6. The van der Waals surface area contributed by atoms with E-state index in [9.17, 15) is 5.11 Å². The van der Waals surface area contributed by atoms with Crippen LogP contribution in [0.2, 0.25) is 0 Å². The Morgan fingerprint density at radius 3 is 2.53 bits per heavy atom. The first-order valence-electron chi connectivity index (χ1n) is 11.0. The van der Waals surface area contributed by atoms with E-state index in [1.165, 1.54) is 24.0 Å². The Morgan fingerprint density at radius 1 is 0.781 bits per heavy atom. The average Bonchev–Trinajstić information content (AvgIpc) is 3.28. The topological polar surface area (TPSA) is 46.0 Å². The highest BCUT2D eigenvalue weighted by Gasteiger charge is 2.17. The minimum atomic E-state index is 0.259. The predicted octanol–water partition coefficient (Wildman–Crippen LogP) is 7.28. The smallest absolute Gasteiger partial charge is 0.128 e. The zero-order valence-corrected chi connectivity index (χ0v) is 18.4. The van der Waals surface area contributed by atoms with Crippen LogP contribution >= 0.6 is 11.3 Å². The van der Waals surface area contributed by atoms with Gasteiger partial charge in [0.05, 0.1) is 21.5 Å². The van der Waals surface area contributed by atoms with Gasteiger partial charge in [0.2, 0.25) is 0 Å². The highest BCUT2D eigenvalue weighted by Crippen LogP contribution is 2.39. The minimum Gasteiger partial charge on any atom is -0.507 e. The second-order valence-electron chi connectivity index (χ2n) is 8.27. The van der Waals surface area contributed by atoms with Crippen molar-refractivity contribution in [3.05, 3.63) is 90.1 Å². The monoisotopic (exact) mass is 434 g/mol. The number of rotatable bonds is 3. The van der Waals surface area contributed by atoms with E-state index in [2.05, 4.69) is 48.5 Å². The fourth-order valence-corrected chi connectivity index (χ4v) is 5.72. The van der Waals surface area contributed by atoms with Gasteiger partial charge in [0.25, 0.3) is 0 Å². The molecule has 0 saturated carbocycles. The summed E-state index contributed by atoms with van der Waals surface area (Å²) in [6.45, 7) is 0. The van der Waals surface area contributed by atoms with Crippen molar-refractivity contribution in [1.82, 2.24) is 9.97 Å². The molecule has 6 rings (SSSR count). The number of fused-ring (bicyclic) bond motifs is 2. The lowest BCUT2D eigenvalue weighted by Crippen LogP contribution is -2.05. The molecule has 0 atom stereocenters. The van der Waals surface area contributed by atoms with Crippen LogP contribution in [0.3, 0.4) is 0 Å². The normalized spacial score (nSPS) is 13.2. The fourth-order valence-electron chi connectivity index (χ4n) is 4.70. The highest BCUT2D eigenvalue weighted by molar-refractivity contribution is 7.21. The van der Waals surface area contributed by atoms with Crippen molar-refractivity contribution in [2.24, 2.45) is 0 Å². The molecule has 1 N–H and O–H groups in total. The number of aryl methyl sites for hydroxylation is 1. The molecule has 3 nitrogen and oxygen atoms in total. The summed E-state index contributed by atoms with van der Waals surface area (Å²) >= 11 is 1.61. The van der Waals surface area contributed by atoms with Crippen molar-refractivity contribution in [2.45, 2.75) is 25.7 Å². The molecule has 0 spiro atoms. The molecule has 2 aromatic heterocycles. The Morgan fingerprint density at radius 2 is 1.59 bits per heavy atom. The molecule has 1 aliphatic rings. The Hall–Kier alpha value is -3.50. The third kappa shape index (κ3) is 3.28. The molecule has 0 bridgehead atoms. The molecule has 32 heavy (non-hydrogen) atoms. The lowest BCUT2D eigenvalue weighted by molar-refractivity contribution is 0.477. The number of para-hydroxylation sites is 2. The van der Waals surface area contributed by atoms with Crippen molar-refractivity contribution in [3.8, 4) is 38.7 Å². The number of pyridine rings is 1. The van der Waals surface area contributed by atoms with Crippen LogP contribution in [-0.2, 0) is 12.8 Å².